The van der Waals surface area contributed by atoms with E-state index >= 15 is 0 Å². The molecular weight excluding hydrogens is 348 g/mol. The first-order valence-corrected chi connectivity index (χ1v) is 9.20. The molecule has 0 aliphatic rings. The van der Waals surface area contributed by atoms with Gasteiger partial charge in [0.2, 0.25) is 0 Å². The Labute approximate surface area is 158 Å². The summed E-state index contributed by atoms with van der Waals surface area (Å²) in [6.45, 7) is 5.57. The fourth-order valence-electron chi connectivity index (χ4n) is 3.01. The molecule has 3 rings (SSSR count). The third-order valence-corrected chi connectivity index (χ3v) is 4.54. The maximum absolute atomic E-state index is 12.2. The Morgan fingerprint density at radius 1 is 1.31 bits per heavy atom. The van der Waals surface area contributed by atoms with Crippen LogP contribution in [0.15, 0.2) is 42.7 Å². The van der Waals surface area contributed by atoms with E-state index in [9.17, 15) is 4.79 Å². The maximum atomic E-state index is 12.2. The monoisotopic (exact) mass is 370 g/mol. The molecule has 0 aliphatic heterocycles. The second-order valence-corrected chi connectivity index (χ2v) is 6.75. The quantitative estimate of drug-likeness (QED) is 0.656. The number of hydrogen-bond donors (Lipinski definition) is 2. The first-order valence-electron chi connectivity index (χ1n) is 8.82. The van der Waals surface area contributed by atoms with Crippen molar-refractivity contribution in [2.45, 2.75) is 33.2 Å². The van der Waals surface area contributed by atoms with E-state index in [1.807, 2.05) is 25.3 Å². The number of carbonyl (C=O) groups excluding carboxylic acids is 1. The van der Waals surface area contributed by atoms with Crippen LogP contribution in [0.2, 0.25) is 5.02 Å². The summed E-state index contributed by atoms with van der Waals surface area (Å²) in [6.07, 6.45) is 5.76. The number of amides is 2. The van der Waals surface area contributed by atoms with Crippen molar-refractivity contribution >= 4 is 34.4 Å². The number of nitrogens with zero attached hydrogens (tertiary/aromatic N) is 2. The molecule has 0 fully saturated rings. The van der Waals surface area contributed by atoms with Gasteiger partial charge >= 0.3 is 6.03 Å². The van der Waals surface area contributed by atoms with E-state index in [0.29, 0.717) is 11.6 Å². The maximum Gasteiger partial charge on any atom is 0.319 e. The average molecular weight is 371 g/mol. The van der Waals surface area contributed by atoms with Gasteiger partial charge in [0, 0.05) is 41.6 Å². The normalized spacial score (nSPS) is 10.9. The number of fused-ring (bicyclic) bond motifs is 1. The number of hydrogen-bond acceptors (Lipinski definition) is 2. The topological polar surface area (TPSA) is 59.0 Å². The lowest BCUT2D eigenvalue weighted by Gasteiger charge is -2.10. The summed E-state index contributed by atoms with van der Waals surface area (Å²) >= 11 is 5.99. The molecule has 0 radical (unpaired) electrons. The third-order valence-electron chi connectivity index (χ3n) is 4.31. The highest BCUT2D eigenvalue weighted by atomic mass is 35.5. The van der Waals surface area contributed by atoms with Gasteiger partial charge in [-0.05, 0) is 55.2 Å². The largest absolute Gasteiger partial charge is 0.338 e. The second kappa shape index (κ2) is 8.23. The van der Waals surface area contributed by atoms with Gasteiger partial charge in [0.1, 0.15) is 5.65 Å². The molecule has 0 saturated carbocycles. The fourth-order valence-corrected chi connectivity index (χ4v) is 3.18. The number of nitrogens with one attached hydrogen (secondary N) is 2. The van der Waals surface area contributed by atoms with Gasteiger partial charge in [0.15, 0.2) is 0 Å². The molecule has 0 unspecified atom stereocenters. The minimum absolute atomic E-state index is 0.231. The standard InChI is InChI=1S/C20H23ClN4O/c1-3-11-25-13-15(17-5-4-9-22-19(17)25)8-10-23-20(26)24-18-12-16(21)7-6-14(18)2/h4-7,9,12-13H,3,8,10-11H2,1-2H3,(H2,23,24,26). The van der Waals surface area contributed by atoms with Crippen molar-refractivity contribution in [3.8, 4) is 0 Å². The Hall–Kier alpha value is -2.53. The van der Waals surface area contributed by atoms with Gasteiger partial charge in [-0.2, -0.15) is 0 Å². The van der Waals surface area contributed by atoms with Crippen LogP contribution in [-0.2, 0) is 13.0 Å². The van der Waals surface area contributed by atoms with Crippen molar-refractivity contribution in [2.75, 3.05) is 11.9 Å². The van der Waals surface area contributed by atoms with Crippen LogP contribution in [0.4, 0.5) is 10.5 Å². The molecule has 2 N–H and O–H groups in total. The van der Waals surface area contributed by atoms with Crippen LogP contribution in [0.3, 0.4) is 0 Å². The number of benzene rings is 1. The van der Waals surface area contributed by atoms with Crippen molar-refractivity contribution in [3.05, 3.63) is 58.9 Å². The van der Waals surface area contributed by atoms with Crippen LogP contribution in [0.25, 0.3) is 11.0 Å². The van der Waals surface area contributed by atoms with E-state index in [0.717, 1.165) is 41.7 Å². The van der Waals surface area contributed by atoms with Gasteiger partial charge in [-0.25, -0.2) is 9.78 Å². The van der Waals surface area contributed by atoms with Crippen LogP contribution in [-0.4, -0.2) is 22.1 Å². The predicted molar refractivity (Wildman–Crippen MR) is 107 cm³/mol. The summed E-state index contributed by atoms with van der Waals surface area (Å²) in [4.78, 5) is 16.6. The molecule has 3 aromatic rings. The molecule has 0 atom stereocenters. The number of rotatable bonds is 6. The summed E-state index contributed by atoms with van der Waals surface area (Å²) in [5, 5.41) is 7.50. The molecule has 1 aromatic carbocycles. The molecule has 26 heavy (non-hydrogen) atoms. The Morgan fingerprint density at radius 2 is 2.15 bits per heavy atom. The lowest BCUT2D eigenvalue weighted by atomic mass is 10.1. The van der Waals surface area contributed by atoms with Gasteiger partial charge in [-0.1, -0.05) is 24.6 Å². The van der Waals surface area contributed by atoms with Gasteiger partial charge in [-0.15, -0.1) is 0 Å². The van der Waals surface area contributed by atoms with E-state index in [1.165, 1.54) is 5.56 Å². The number of halogens is 1. The van der Waals surface area contributed by atoms with Crippen LogP contribution in [0.1, 0.15) is 24.5 Å². The Morgan fingerprint density at radius 3 is 2.96 bits per heavy atom. The minimum Gasteiger partial charge on any atom is -0.338 e. The molecular formula is C20H23ClN4O. The van der Waals surface area contributed by atoms with E-state index in [1.54, 1.807) is 12.1 Å². The molecule has 2 amide bonds. The van der Waals surface area contributed by atoms with Crippen molar-refractivity contribution in [1.82, 2.24) is 14.9 Å². The molecule has 0 aliphatic carbocycles. The molecule has 5 nitrogen and oxygen atoms in total. The van der Waals surface area contributed by atoms with Gasteiger partial charge < -0.3 is 15.2 Å². The summed E-state index contributed by atoms with van der Waals surface area (Å²) in [6, 6.07) is 9.24. The zero-order chi connectivity index (χ0) is 18.5. The predicted octanol–water partition coefficient (Wildman–Crippen LogP) is 4.77. The number of anilines is 1. The van der Waals surface area contributed by atoms with Crippen molar-refractivity contribution < 1.29 is 4.79 Å². The zero-order valence-corrected chi connectivity index (χ0v) is 15.8. The average Bonchev–Trinajstić information content (AvgIpc) is 2.97. The van der Waals surface area contributed by atoms with E-state index < -0.39 is 0 Å². The number of aryl methyl sites for hydroxylation is 2. The summed E-state index contributed by atoms with van der Waals surface area (Å²) in [7, 11) is 0. The molecule has 2 heterocycles. The van der Waals surface area contributed by atoms with Gasteiger partial charge in [0.05, 0.1) is 0 Å². The highest BCUT2D eigenvalue weighted by Gasteiger charge is 2.10. The number of carbonyl (C=O) groups is 1. The highest BCUT2D eigenvalue weighted by molar-refractivity contribution is 6.31. The van der Waals surface area contributed by atoms with Crippen LogP contribution >= 0.6 is 11.6 Å². The Bertz CT molecular complexity index is 919. The van der Waals surface area contributed by atoms with Crippen molar-refractivity contribution in [3.63, 3.8) is 0 Å². The van der Waals surface area contributed by atoms with Gasteiger partial charge in [-0.3, -0.25) is 0 Å². The fraction of sp³-hybridized carbons (Fsp3) is 0.300. The molecule has 6 heteroatoms. The first-order chi connectivity index (χ1) is 12.6. The highest BCUT2D eigenvalue weighted by Crippen LogP contribution is 2.21. The lowest BCUT2D eigenvalue weighted by molar-refractivity contribution is 0.252. The first kappa shape index (κ1) is 18.3. The van der Waals surface area contributed by atoms with Crippen molar-refractivity contribution in [2.24, 2.45) is 0 Å². The molecule has 2 aromatic heterocycles. The van der Waals surface area contributed by atoms with E-state index in [-0.39, 0.29) is 6.03 Å². The number of urea groups is 1. The third kappa shape index (κ3) is 4.17. The Balaban J connectivity index is 1.62. The summed E-state index contributed by atoms with van der Waals surface area (Å²) in [5.74, 6) is 0. The minimum atomic E-state index is -0.231. The van der Waals surface area contributed by atoms with Crippen molar-refractivity contribution in [1.29, 1.82) is 0 Å². The van der Waals surface area contributed by atoms with Crippen LogP contribution in [0.5, 0.6) is 0 Å². The summed E-state index contributed by atoms with van der Waals surface area (Å²) in [5.41, 5.74) is 3.89. The lowest BCUT2D eigenvalue weighted by Crippen LogP contribution is -2.30. The van der Waals surface area contributed by atoms with E-state index in [4.69, 9.17) is 11.6 Å². The van der Waals surface area contributed by atoms with Crippen LogP contribution in [0, 0.1) is 6.92 Å². The molecule has 136 valence electrons. The SMILES string of the molecule is CCCn1cc(CCNC(=O)Nc2cc(Cl)ccc2C)c2cccnc21. The van der Waals surface area contributed by atoms with Crippen LogP contribution < -0.4 is 10.6 Å². The Kier molecular flexibility index (Phi) is 5.78. The summed E-state index contributed by atoms with van der Waals surface area (Å²) < 4.78 is 2.18. The zero-order valence-electron chi connectivity index (χ0n) is 15.1. The van der Waals surface area contributed by atoms with Gasteiger partial charge in [0.25, 0.3) is 0 Å². The number of pyridine rings is 1. The smallest absolute Gasteiger partial charge is 0.319 e. The van der Waals surface area contributed by atoms with E-state index in [2.05, 4.69) is 39.4 Å². The second-order valence-electron chi connectivity index (χ2n) is 6.31. The number of aromatic nitrogens is 2. The molecule has 0 spiro atoms. The molecule has 0 bridgehead atoms. The molecule has 0 saturated heterocycles.